The summed E-state index contributed by atoms with van der Waals surface area (Å²) in [6, 6.07) is 0. The van der Waals surface area contributed by atoms with Crippen LogP contribution < -0.4 is 5.32 Å². The van der Waals surface area contributed by atoms with Gasteiger partial charge in [-0.15, -0.1) is 0 Å². The van der Waals surface area contributed by atoms with Crippen molar-refractivity contribution in [2.45, 2.75) is 59.8 Å². The number of hydrogen-bond acceptors (Lipinski definition) is 2. The minimum absolute atomic E-state index is 0.470. The lowest BCUT2D eigenvalue weighted by atomic mass is 9.81. The van der Waals surface area contributed by atoms with E-state index in [0.29, 0.717) is 5.41 Å². The van der Waals surface area contributed by atoms with Gasteiger partial charge in [-0.25, -0.2) is 0 Å². The van der Waals surface area contributed by atoms with Crippen LogP contribution in [0.25, 0.3) is 0 Å². The summed E-state index contributed by atoms with van der Waals surface area (Å²) in [6.07, 6.45) is 6.40. The first-order valence-electron chi connectivity index (χ1n) is 7.53. The van der Waals surface area contributed by atoms with Gasteiger partial charge in [-0.2, -0.15) is 0 Å². The largest absolute Gasteiger partial charge is 0.316 e. The lowest BCUT2D eigenvalue weighted by Gasteiger charge is -2.36. The fraction of sp³-hybridized carbons (Fsp3) is 1.00. The molecule has 0 atom stereocenters. The van der Waals surface area contributed by atoms with E-state index in [1.165, 1.54) is 51.7 Å². The van der Waals surface area contributed by atoms with Gasteiger partial charge in [0.1, 0.15) is 0 Å². The molecule has 0 rings (SSSR count). The van der Waals surface area contributed by atoms with E-state index in [4.69, 9.17) is 0 Å². The molecule has 0 amide bonds. The molecule has 0 aromatic rings. The van der Waals surface area contributed by atoms with E-state index in [2.05, 4.69) is 45.0 Å². The highest BCUT2D eigenvalue weighted by Gasteiger charge is 2.26. The second-order valence-electron chi connectivity index (χ2n) is 5.48. The molecule has 0 aliphatic carbocycles. The lowest BCUT2D eigenvalue weighted by molar-refractivity contribution is 0.154. The number of rotatable bonds is 11. The molecule has 0 saturated carbocycles. The highest BCUT2D eigenvalue weighted by molar-refractivity contribution is 4.82. The van der Waals surface area contributed by atoms with Crippen LogP contribution >= 0.6 is 0 Å². The molecule has 1 N–H and O–H groups in total. The van der Waals surface area contributed by atoms with Crippen LogP contribution in [-0.2, 0) is 0 Å². The van der Waals surface area contributed by atoms with Crippen molar-refractivity contribution >= 4 is 0 Å². The number of nitrogens with zero attached hydrogens (tertiary/aromatic N) is 1. The van der Waals surface area contributed by atoms with E-state index in [1.807, 2.05) is 0 Å². The highest BCUT2D eigenvalue weighted by atomic mass is 15.1. The Balaban J connectivity index is 4.17. The van der Waals surface area contributed by atoms with Gasteiger partial charge in [0, 0.05) is 13.1 Å². The molecule has 2 heteroatoms. The fourth-order valence-corrected chi connectivity index (χ4v) is 2.39. The first-order chi connectivity index (χ1) is 8.14. The summed E-state index contributed by atoms with van der Waals surface area (Å²) in [5, 5.41) is 3.61. The van der Waals surface area contributed by atoms with Crippen LogP contribution in [0.5, 0.6) is 0 Å². The molecule has 0 aliphatic rings. The van der Waals surface area contributed by atoms with Crippen molar-refractivity contribution in [2.24, 2.45) is 5.41 Å². The van der Waals surface area contributed by atoms with Gasteiger partial charge in [-0.05, 0) is 51.2 Å². The Morgan fingerprint density at radius 2 is 1.65 bits per heavy atom. The van der Waals surface area contributed by atoms with E-state index >= 15 is 0 Å². The lowest BCUT2D eigenvalue weighted by Crippen LogP contribution is -2.42. The first-order valence-corrected chi connectivity index (χ1v) is 7.53. The average Bonchev–Trinajstić information content (AvgIpc) is 2.35. The van der Waals surface area contributed by atoms with Crippen molar-refractivity contribution in [3.8, 4) is 0 Å². The zero-order valence-corrected chi connectivity index (χ0v) is 12.8. The molecule has 0 heterocycles. The Hall–Kier alpha value is -0.0800. The van der Waals surface area contributed by atoms with Crippen molar-refractivity contribution in [3.63, 3.8) is 0 Å². The molecule has 0 spiro atoms. The van der Waals surface area contributed by atoms with Crippen LogP contribution in [-0.4, -0.2) is 38.1 Å². The monoisotopic (exact) mass is 242 g/mol. The van der Waals surface area contributed by atoms with Crippen LogP contribution in [0.3, 0.4) is 0 Å². The van der Waals surface area contributed by atoms with Crippen molar-refractivity contribution in [1.29, 1.82) is 0 Å². The molecule has 0 aromatic carbocycles. The molecule has 2 nitrogen and oxygen atoms in total. The quantitative estimate of drug-likeness (QED) is 0.558. The molecule has 0 fully saturated rings. The molecular weight excluding hydrogens is 208 g/mol. The zero-order chi connectivity index (χ0) is 13.1. The summed E-state index contributed by atoms with van der Waals surface area (Å²) in [5.41, 5.74) is 0.470. The van der Waals surface area contributed by atoms with Crippen LogP contribution in [0.15, 0.2) is 0 Å². The minimum Gasteiger partial charge on any atom is -0.316 e. The van der Waals surface area contributed by atoms with Gasteiger partial charge in [0.15, 0.2) is 0 Å². The Bertz CT molecular complexity index is 164. The smallest absolute Gasteiger partial charge is 0.00469 e. The summed E-state index contributed by atoms with van der Waals surface area (Å²) in [7, 11) is 2.27. The normalized spacial score (nSPS) is 12.4. The van der Waals surface area contributed by atoms with E-state index in [1.54, 1.807) is 0 Å². The summed E-state index contributed by atoms with van der Waals surface area (Å²) >= 11 is 0. The summed E-state index contributed by atoms with van der Waals surface area (Å²) < 4.78 is 0. The molecule has 0 saturated heterocycles. The number of unbranched alkanes of at least 4 members (excludes halogenated alkanes) is 1. The van der Waals surface area contributed by atoms with Gasteiger partial charge in [-0.1, -0.05) is 34.1 Å². The first kappa shape index (κ1) is 16.9. The van der Waals surface area contributed by atoms with Crippen molar-refractivity contribution in [3.05, 3.63) is 0 Å². The van der Waals surface area contributed by atoms with Crippen LogP contribution in [0, 0.1) is 5.41 Å². The van der Waals surface area contributed by atoms with E-state index < -0.39 is 0 Å². The standard InChI is InChI=1S/C15H34N2/c1-6-10-12-17(5)14-15(8-3,9-4)13-16-11-7-2/h16H,6-14H2,1-5H3. The topological polar surface area (TPSA) is 15.3 Å². The van der Waals surface area contributed by atoms with Crippen molar-refractivity contribution in [1.82, 2.24) is 10.2 Å². The van der Waals surface area contributed by atoms with E-state index in [9.17, 15) is 0 Å². The van der Waals surface area contributed by atoms with Crippen LogP contribution in [0.2, 0.25) is 0 Å². The second-order valence-corrected chi connectivity index (χ2v) is 5.48. The van der Waals surface area contributed by atoms with Gasteiger partial charge < -0.3 is 10.2 Å². The molecule has 104 valence electrons. The van der Waals surface area contributed by atoms with Crippen molar-refractivity contribution < 1.29 is 0 Å². The Morgan fingerprint density at radius 1 is 1.00 bits per heavy atom. The van der Waals surface area contributed by atoms with Gasteiger partial charge >= 0.3 is 0 Å². The molecule has 0 unspecified atom stereocenters. The van der Waals surface area contributed by atoms with Gasteiger partial charge in [0.2, 0.25) is 0 Å². The van der Waals surface area contributed by atoms with Crippen LogP contribution in [0.4, 0.5) is 0 Å². The van der Waals surface area contributed by atoms with Gasteiger partial charge in [-0.3, -0.25) is 0 Å². The molecule has 0 bridgehead atoms. The van der Waals surface area contributed by atoms with Crippen LogP contribution in [0.1, 0.15) is 59.8 Å². The highest BCUT2D eigenvalue weighted by Crippen LogP contribution is 2.26. The SMILES string of the molecule is CCCCN(C)CC(CC)(CC)CNCCC. The number of nitrogens with one attached hydrogen (secondary N) is 1. The molecule has 17 heavy (non-hydrogen) atoms. The van der Waals surface area contributed by atoms with Gasteiger partial charge in [0.05, 0.1) is 0 Å². The third-order valence-corrected chi connectivity index (χ3v) is 3.93. The predicted octanol–water partition coefficient (Wildman–Crippen LogP) is 3.52. The van der Waals surface area contributed by atoms with Gasteiger partial charge in [0.25, 0.3) is 0 Å². The third-order valence-electron chi connectivity index (χ3n) is 3.93. The third kappa shape index (κ3) is 7.05. The summed E-state index contributed by atoms with van der Waals surface area (Å²) in [5.74, 6) is 0. The van der Waals surface area contributed by atoms with E-state index in [0.717, 1.165) is 6.54 Å². The maximum absolute atomic E-state index is 3.61. The molecular formula is C15H34N2. The fourth-order valence-electron chi connectivity index (χ4n) is 2.39. The Morgan fingerprint density at radius 3 is 2.12 bits per heavy atom. The zero-order valence-electron chi connectivity index (χ0n) is 12.8. The molecule has 0 aromatic heterocycles. The minimum atomic E-state index is 0.470. The van der Waals surface area contributed by atoms with E-state index in [-0.39, 0.29) is 0 Å². The maximum atomic E-state index is 3.61. The van der Waals surface area contributed by atoms with Crippen molar-refractivity contribution in [2.75, 3.05) is 33.2 Å². The molecule has 0 aliphatic heterocycles. The maximum Gasteiger partial charge on any atom is 0.00469 e. The Kier molecular flexibility index (Phi) is 9.85. The predicted molar refractivity (Wildman–Crippen MR) is 78.6 cm³/mol. The molecule has 0 radical (unpaired) electrons. The Labute approximate surface area is 109 Å². The summed E-state index contributed by atoms with van der Waals surface area (Å²) in [4.78, 5) is 2.52. The number of hydrogen-bond donors (Lipinski definition) is 1. The average molecular weight is 242 g/mol. The summed E-state index contributed by atoms with van der Waals surface area (Å²) in [6.45, 7) is 14.0. The second kappa shape index (κ2) is 9.90.